The summed E-state index contributed by atoms with van der Waals surface area (Å²) in [5.41, 5.74) is 0.530. The molecule has 0 radical (unpaired) electrons. The van der Waals surface area contributed by atoms with Gasteiger partial charge in [0.15, 0.2) is 0 Å². The Bertz CT molecular complexity index is 192. The van der Waals surface area contributed by atoms with Crippen LogP contribution in [0.3, 0.4) is 0 Å². The Kier molecular flexibility index (Phi) is 3.39. The van der Waals surface area contributed by atoms with E-state index in [1.54, 1.807) is 0 Å². The van der Waals surface area contributed by atoms with Gasteiger partial charge in [0, 0.05) is 6.54 Å². The predicted molar refractivity (Wildman–Crippen MR) is 66.0 cm³/mol. The van der Waals surface area contributed by atoms with Gasteiger partial charge < -0.3 is 4.90 Å². The van der Waals surface area contributed by atoms with Gasteiger partial charge >= 0.3 is 0 Å². The first kappa shape index (κ1) is 11.4. The Hall–Kier alpha value is -0.0400. The molecule has 1 saturated carbocycles. The molecule has 0 aromatic carbocycles. The molecule has 0 spiro atoms. The number of likely N-dealkylation sites (tertiary alicyclic amines) is 1. The molecule has 0 N–H and O–H groups in total. The van der Waals surface area contributed by atoms with Crippen LogP contribution in [0.5, 0.6) is 0 Å². The second-order valence-corrected chi connectivity index (χ2v) is 6.74. The topological polar surface area (TPSA) is 3.24 Å². The Morgan fingerprint density at radius 3 is 2.00 bits per heavy atom. The van der Waals surface area contributed by atoms with Crippen molar-refractivity contribution >= 4 is 0 Å². The molecule has 1 saturated heterocycles. The maximum absolute atomic E-state index is 2.71. The summed E-state index contributed by atoms with van der Waals surface area (Å²) in [7, 11) is 0. The zero-order chi connectivity index (χ0) is 10.9. The van der Waals surface area contributed by atoms with Gasteiger partial charge in [-0.3, -0.25) is 0 Å². The van der Waals surface area contributed by atoms with Crippen LogP contribution in [0, 0.1) is 17.3 Å². The molecule has 2 fully saturated rings. The summed E-state index contributed by atoms with van der Waals surface area (Å²) in [6.45, 7) is 11.3. The average Bonchev–Trinajstić information content (AvgIpc) is 2.11. The monoisotopic (exact) mass is 209 g/mol. The van der Waals surface area contributed by atoms with Crippen LogP contribution < -0.4 is 0 Å². The van der Waals surface area contributed by atoms with Crippen molar-refractivity contribution in [1.29, 1.82) is 0 Å². The van der Waals surface area contributed by atoms with Crippen molar-refractivity contribution < 1.29 is 0 Å². The van der Waals surface area contributed by atoms with E-state index in [2.05, 4.69) is 25.7 Å². The molecule has 1 heterocycles. The Morgan fingerprint density at radius 2 is 1.60 bits per heavy atom. The highest BCUT2D eigenvalue weighted by atomic mass is 15.1. The quantitative estimate of drug-likeness (QED) is 0.672. The third-order valence-electron chi connectivity index (χ3n) is 4.55. The summed E-state index contributed by atoms with van der Waals surface area (Å²) in [4.78, 5) is 2.71. The first-order chi connectivity index (χ1) is 7.05. The van der Waals surface area contributed by atoms with Crippen LogP contribution in [0.4, 0.5) is 0 Å². The molecular weight excluding hydrogens is 182 g/mol. The zero-order valence-corrected chi connectivity index (χ0v) is 10.8. The van der Waals surface area contributed by atoms with E-state index in [1.807, 2.05) is 0 Å². The molecule has 0 atom stereocenters. The SMILES string of the molecule is CC(C)(C)C1CCN(CC2CCC2)CC1. The van der Waals surface area contributed by atoms with E-state index in [-0.39, 0.29) is 0 Å². The molecule has 1 nitrogen and oxygen atoms in total. The van der Waals surface area contributed by atoms with Crippen molar-refractivity contribution in [3.8, 4) is 0 Å². The fourth-order valence-corrected chi connectivity index (χ4v) is 3.02. The van der Waals surface area contributed by atoms with Gasteiger partial charge in [0.1, 0.15) is 0 Å². The number of rotatable bonds is 2. The average molecular weight is 209 g/mol. The lowest BCUT2D eigenvalue weighted by Gasteiger charge is -2.41. The third kappa shape index (κ3) is 2.96. The molecule has 1 aliphatic carbocycles. The summed E-state index contributed by atoms with van der Waals surface area (Å²) in [6, 6.07) is 0. The summed E-state index contributed by atoms with van der Waals surface area (Å²) in [5, 5.41) is 0. The van der Waals surface area contributed by atoms with Crippen molar-refractivity contribution in [2.24, 2.45) is 17.3 Å². The molecule has 1 heteroatoms. The van der Waals surface area contributed by atoms with Gasteiger partial charge in [-0.05, 0) is 56.0 Å². The lowest BCUT2D eigenvalue weighted by Crippen LogP contribution is -2.41. The standard InChI is InChI=1S/C14H27N/c1-14(2,3)13-7-9-15(10-8-13)11-12-5-4-6-12/h12-13H,4-11H2,1-3H3. The molecule has 0 bridgehead atoms. The number of hydrogen-bond acceptors (Lipinski definition) is 1. The van der Waals surface area contributed by atoms with Gasteiger partial charge in [0.05, 0.1) is 0 Å². The lowest BCUT2D eigenvalue weighted by atomic mass is 9.75. The van der Waals surface area contributed by atoms with Crippen LogP contribution >= 0.6 is 0 Å². The molecule has 88 valence electrons. The van der Waals surface area contributed by atoms with Crippen molar-refractivity contribution in [2.45, 2.75) is 52.9 Å². The molecule has 1 aliphatic heterocycles. The van der Waals surface area contributed by atoms with Crippen LogP contribution in [0.2, 0.25) is 0 Å². The highest BCUT2D eigenvalue weighted by molar-refractivity contribution is 4.82. The van der Waals surface area contributed by atoms with Gasteiger partial charge in [-0.25, -0.2) is 0 Å². The van der Waals surface area contributed by atoms with Crippen LogP contribution in [-0.2, 0) is 0 Å². The highest BCUT2D eigenvalue weighted by Gasteiger charge is 2.30. The van der Waals surface area contributed by atoms with E-state index in [9.17, 15) is 0 Å². The van der Waals surface area contributed by atoms with Crippen LogP contribution in [0.15, 0.2) is 0 Å². The van der Waals surface area contributed by atoms with Crippen molar-refractivity contribution in [1.82, 2.24) is 4.90 Å². The molecule has 2 aliphatic rings. The van der Waals surface area contributed by atoms with E-state index in [4.69, 9.17) is 0 Å². The van der Waals surface area contributed by atoms with Crippen LogP contribution in [0.1, 0.15) is 52.9 Å². The largest absolute Gasteiger partial charge is 0.303 e. The Morgan fingerprint density at radius 1 is 1.00 bits per heavy atom. The van der Waals surface area contributed by atoms with E-state index in [1.165, 1.54) is 51.7 Å². The summed E-state index contributed by atoms with van der Waals surface area (Å²) in [6.07, 6.45) is 7.34. The zero-order valence-electron chi connectivity index (χ0n) is 10.8. The fourth-order valence-electron chi connectivity index (χ4n) is 3.02. The summed E-state index contributed by atoms with van der Waals surface area (Å²) < 4.78 is 0. The van der Waals surface area contributed by atoms with Gasteiger partial charge in [0.25, 0.3) is 0 Å². The second-order valence-electron chi connectivity index (χ2n) is 6.74. The number of hydrogen-bond donors (Lipinski definition) is 0. The normalized spacial score (nSPS) is 26.6. The molecule has 2 rings (SSSR count). The highest BCUT2D eigenvalue weighted by Crippen LogP contribution is 2.35. The summed E-state index contributed by atoms with van der Waals surface area (Å²) >= 11 is 0. The van der Waals surface area contributed by atoms with E-state index < -0.39 is 0 Å². The minimum atomic E-state index is 0.530. The van der Waals surface area contributed by atoms with E-state index in [0.717, 1.165) is 11.8 Å². The second kappa shape index (κ2) is 4.45. The number of piperidine rings is 1. The molecule has 15 heavy (non-hydrogen) atoms. The predicted octanol–water partition coefficient (Wildman–Crippen LogP) is 3.54. The number of nitrogens with zero attached hydrogens (tertiary/aromatic N) is 1. The molecule has 0 aromatic heterocycles. The van der Waals surface area contributed by atoms with Crippen LogP contribution in [0.25, 0.3) is 0 Å². The minimum Gasteiger partial charge on any atom is -0.303 e. The molecule has 0 unspecified atom stereocenters. The van der Waals surface area contributed by atoms with E-state index in [0.29, 0.717) is 5.41 Å². The van der Waals surface area contributed by atoms with E-state index >= 15 is 0 Å². The fraction of sp³-hybridized carbons (Fsp3) is 1.00. The van der Waals surface area contributed by atoms with Gasteiger partial charge in [-0.15, -0.1) is 0 Å². The first-order valence-corrected chi connectivity index (χ1v) is 6.78. The third-order valence-corrected chi connectivity index (χ3v) is 4.55. The smallest absolute Gasteiger partial charge is 0.000966 e. The Labute approximate surface area is 95.2 Å². The van der Waals surface area contributed by atoms with Crippen LogP contribution in [-0.4, -0.2) is 24.5 Å². The Balaban J connectivity index is 1.71. The van der Waals surface area contributed by atoms with Crippen molar-refractivity contribution in [2.75, 3.05) is 19.6 Å². The minimum absolute atomic E-state index is 0.530. The lowest BCUT2D eigenvalue weighted by molar-refractivity contribution is 0.0879. The maximum Gasteiger partial charge on any atom is 0.000966 e. The molecule has 0 aromatic rings. The van der Waals surface area contributed by atoms with Gasteiger partial charge in [0.2, 0.25) is 0 Å². The molecule has 0 amide bonds. The van der Waals surface area contributed by atoms with Gasteiger partial charge in [-0.2, -0.15) is 0 Å². The maximum atomic E-state index is 2.71. The first-order valence-electron chi connectivity index (χ1n) is 6.78. The molecular formula is C14H27N. The summed E-state index contributed by atoms with van der Waals surface area (Å²) in [5.74, 6) is 2.01. The van der Waals surface area contributed by atoms with Gasteiger partial charge in [-0.1, -0.05) is 27.2 Å². The van der Waals surface area contributed by atoms with Crippen molar-refractivity contribution in [3.05, 3.63) is 0 Å². The van der Waals surface area contributed by atoms with Crippen molar-refractivity contribution in [3.63, 3.8) is 0 Å².